The van der Waals surface area contributed by atoms with Crippen LogP contribution in [0.2, 0.25) is 0 Å². The zero-order valence-corrected chi connectivity index (χ0v) is 25.0. The molecular formula is C22H22Br4N4O6. The van der Waals surface area contributed by atoms with E-state index in [9.17, 15) is 19.2 Å². The molecule has 14 heteroatoms. The van der Waals surface area contributed by atoms with Crippen LogP contribution in [0, 0.1) is 0 Å². The zero-order chi connectivity index (χ0) is 26.5. The fraction of sp³-hybridized carbons (Fsp3) is 0.273. The Balaban J connectivity index is 1.52. The van der Waals surface area contributed by atoms with Gasteiger partial charge in [-0.05, 0) is 81.1 Å². The maximum absolute atomic E-state index is 11.8. The normalized spacial score (nSPS) is 10.2. The van der Waals surface area contributed by atoms with Crippen LogP contribution in [-0.4, -0.2) is 36.8 Å². The first-order valence-corrected chi connectivity index (χ1v) is 13.6. The van der Waals surface area contributed by atoms with E-state index in [1.165, 1.54) is 0 Å². The van der Waals surface area contributed by atoms with E-state index in [0.29, 0.717) is 33.3 Å². The number of amides is 4. The third-order valence-electron chi connectivity index (χ3n) is 4.25. The Labute approximate surface area is 241 Å². The van der Waals surface area contributed by atoms with Crippen molar-refractivity contribution in [2.45, 2.75) is 25.7 Å². The molecule has 10 nitrogen and oxygen atoms in total. The second-order valence-corrected chi connectivity index (χ2v) is 10.7. The molecule has 0 aromatic heterocycles. The summed E-state index contributed by atoms with van der Waals surface area (Å²) in [6.07, 6.45) is 1.03. The highest BCUT2D eigenvalue weighted by Gasteiger charge is 2.10. The van der Waals surface area contributed by atoms with Crippen molar-refractivity contribution in [3.8, 4) is 11.5 Å². The van der Waals surface area contributed by atoms with Gasteiger partial charge in [0.25, 0.3) is 11.8 Å². The molecule has 36 heavy (non-hydrogen) atoms. The fourth-order valence-corrected chi connectivity index (χ4v) is 4.84. The van der Waals surface area contributed by atoms with E-state index in [0.717, 1.165) is 8.95 Å². The summed E-state index contributed by atoms with van der Waals surface area (Å²) in [7, 11) is 0. The lowest BCUT2D eigenvalue weighted by Crippen LogP contribution is -2.44. The van der Waals surface area contributed by atoms with Gasteiger partial charge in [0.1, 0.15) is 11.5 Å². The Hall–Kier alpha value is -2.16. The van der Waals surface area contributed by atoms with Crippen molar-refractivity contribution >= 4 is 87.3 Å². The summed E-state index contributed by atoms with van der Waals surface area (Å²) in [5, 5.41) is 0. The predicted octanol–water partition coefficient (Wildman–Crippen LogP) is 4.05. The summed E-state index contributed by atoms with van der Waals surface area (Å²) in [6.45, 7) is -0.560. The number of benzene rings is 2. The van der Waals surface area contributed by atoms with Gasteiger partial charge in [-0.3, -0.25) is 40.9 Å². The Morgan fingerprint density at radius 1 is 0.583 bits per heavy atom. The summed E-state index contributed by atoms with van der Waals surface area (Å²) >= 11 is 13.3. The number of ether oxygens (including phenoxy) is 2. The average molecular weight is 758 g/mol. The average Bonchev–Trinajstić information content (AvgIpc) is 2.83. The first kappa shape index (κ1) is 30.1. The number of rotatable bonds is 11. The molecule has 0 saturated carbocycles. The summed E-state index contributed by atoms with van der Waals surface area (Å²) in [5.74, 6) is -0.885. The SMILES string of the molecule is O=C(CCCCC(=O)NNC(=O)COc1ccc(Br)cc1Br)NNC(=O)COc1ccc(Br)cc1Br. The van der Waals surface area contributed by atoms with Gasteiger partial charge in [0.2, 0.25) is 11.8 Å². The third kappa shape index (κ3) is 11.7. The lowest BCUT2D eigenvalue weighted by atomic mass is 10.2. The van der Waals surface area contributed by atoms with Crippen LogP contribution in [-0.2, 0) is 19.2 Å². The lowest BCUT2D eigenvalue weighted by molar-refractivity contribution is -0.130. The molecule has 194 valence electrons. The molecule has 2 aromatic rings. The quantitative estimate of drug-likeness (QED) is 0.202. The topological polar surface area (TPSA) is 135 Å². The van der Waals surface area contributed by atoms with Crippen molar-refractivity contribution < 1.29 is 28.7 Å². The van der Waals surface area contributed by atoms with Gasteiger partial charge in [-0.25, -0.2) is 0 Å². The number of halogens is 4. The molecule has 0 atom stereocenters. The molecule has 0 aliphatic carbocycles. The van der Waals surface area contributed by atoms with E-state index in [1.807, 2.05) is 0 Å². The van der Waals surface area contributed by atoms with E-state index >= 15 is 0 Å². The highest BCUT2D eigenvalue weighted by Crippen LogP contribution is 2.28. The van der Waals surface area contributed by atoms with Crippen molar-refractivity contribution in [3.05, 3.63) is 54.3 Å². The molecule has 0 spiro atoms. The molecule has 0 aliphatic heterocycles. The Morgan fingerprint density at radius 2 is 0.944 bits per heavy atom. The maximum atomic E-state index is 11.8. The van der Waals surface area contributed by atoms with E-state index in [-0.39, 0.29) is 26.1 Å². The number of carbonyl (C=O) groups is 4. The largest absolute Gasteiger partial charge is 0.483 e. The van der Waals surface area contributed by atoms with E-state index in [4.69, 9.17) is 9.47 Å². The molecule has 0 saturated heterocycles. The van der Waals surface area contributed by atoms with E-state index in [1.54, 1.807) is 36.4 Å². The summed E-state index contributed by atoms with van der Waals surface area (Å²) < 4.78 is 13.8. The number of unbranched alkanes of at least 4 members (excludes halogenated alkanes) is 1. The van der Waals surface area contributed by atoms with Gasteiger partial charge in [0.05, 0.1) is 8.95 Å². The van der Waals surface area contributed by atoms with Gasteiger partial charge in [-0.15, -0.1) is 0 Å². The molecule has 0 bridgehead atoms. The first-order chi connectivity index (χ1) is 17.1. The molecule has 2 aromatic carbocycles. The van der Waals surface area contributed by atoms with Crippen LogP contribution in [0.4, 0.5) is 0 Å². The second kappa shape index (κ2) is 15.8. The van der Waals surface area contributed by atoms with E-state index < -0.39 is 23.6 Å². The predicted molar refractivity (Wildman–Crippen MR) is 146 cm³/mol. The van der Waals surface area contributed by atoms with Crippen molar-refractivity contribution in [2.24, 2.45) is 0 Å². The Morgan fingerprint density at radius 3 is 1.31 bits per heavy atom. The number of hydrogen-bond acceptors (Lipinski definition) is 6. The number of hydrazine groups is 2. The summed E-state index contributed by atoms with van der Waals surface area (Å²) in [6, 6.07) is 10.5. The summed E-state index contributed by atoms with van der Waals surface area (Å²) in [4.78, 5) is 47.3. The number of carbonyl (C=O) groups excluding carboxylic acids is 4. The van der Waals surface area contributed by atoms with Crippen LogP contribution >= 0.6 is 63.7 Å². The third-order valence-corrected chi connectivity index (χ3v) is 6.47. The van der Waals surface area contributed by atoms with Crippen LogP contribution in [0.5, 0.6) is 11.5 Å². The fourth-order valence-electron chi connectivity index (χ4n) is 2.52. The molecule has 2 rings (SSSR count). The van der Waals surface area contributed by atoms with Crippen LogP contribution in [0.25, 0.3) is 0 Å². The standard InChI is InChI=1S/C22H22Br4N4O6/c23-13-5-7-17(15(25)9-13)35-11-21(33)29-27-19(31)3-1-2-4-20(32)28-30-22(34)12-36-18-8-6-14(24)10-16(18)26/h5-10H,1-4,11-12H2,(H,27,31)(H,28,32)(H,29,33)(H,30,34). The van der Waals surface area contributed by atoms with Gasteiger partial charge in [0.15, 0.2) is 13.2 Å². The van der Waals surface area contributed by atoms with Crippen molar-refractivity contribution in [1.82, 2.24) is 21.7 Å². The van der Waals surface area contributed by atoms with Gasteiger partial charge < -0.3 is 9.47 Å². The van der Waals surface area contributed by atoms with Gasteiger partial charge in [-0.2, -0.15) is 0 Å². The molecule has 4 amide bonds. The van der Waals surface area contributed by atoms with Gasteiger partial charge in [-0.1, -0.05) is 31.9 Å². The first-order valence-electron chi connectivity index (χ1n) is 10.4. The highest BCUT2D eigenvalue weighted by atomic mass is 79.9. The Bertz CT molecular complexity index is 1020. The van der Waals surface area contributed by atoms with Crippen LogP contribution in [0.15, 0.2) is 54.3 Å². The van der Waals surface area contributed by atoms with Crippen molar-refractivity contribution in [2.75, 3.05) is 13.2 Å². The molecule has 0 fully saturated rings. The monoisotopic (exact) mass is 754 g/mol. The zero-order valence-electron chi connectivity index (χ0n) is 18.7. The van der Waals surface area contributed by atoms with Crippen LogP contribution < -0.4 is 31.2 Å². The molecule has 0 heterocycles. The molecule has 0 unspecified atom stereocenters. The highest BCUT2D eigenvalue weighted by molar-refractivity contribution is 9.11. The number of hydrogen-bond donors (Lipinski definition) is 4. The minimum atomic E-state index is -0.523. The maximum Gasteiger partial charge on any atom is 0.276 e. The molecule has 4 N–H and O–H groups in total. The molecule has 0 radical (unpaired) electrons. The Kier molecular flexibility index (Phi) is 13.2. The van der Waals surface area contributed by atoms with Gasteiger partial charge >= 0.3 is 0 Å². The molecule has 0 aliphatic rings. The van der Waals surface area contributed by atoms with E-state index in [2.05, 4.69) is 85.4 Å². The minimum absolute atomic E-state index is 0.106. The second-order valence-electron chi connectivity index (χ2n) is 7.13. The lowest BCUT2D eigenvalue weighted by Gasteiger charge is -2.10. The smallest absolute Gasteiger partial charge is 0.276 e. The number of nitrogens with one attached hydrogen (secondary N) is 4. The van der Waals surface area contributed by atoms with Crippen LogP contribution in [0.3, 0.4) is 0 Å². The van der Waals surface area contributed by atoms with Crippen LogP contribution in [0.1, 0.15) is 25.7 Å². The van der Waals surface area contributed by atoms with Crippen molar-refractivity contribution in [1.29, 1.82) is 0 Å². The minimum Gasteiger partial charge on any atom is -0.483 e. The summed E-state index contributed by atoms with van der Waals surface area (Å²) in [5.41, 5.74) is 9.11. The molecular weight excluding hydrogens is 736 g/mol. The van der Waals surface area contributed by atoms with Crippen molar-refractivity contribution in [3.63, 3.8) is 0 Å². The van der Waals surface area contributed by atoms with Gasteiger partial charge in [0, 0.05) is 21.8 Å².